The monoisotopic (exact) mass is 405 g/mol. The van der Waals surface area contributed by atoms with Gasteiger partial charge in [-0.15, -0.1) is 0 Å². The number of nitrogens with one attached hydrogen (secondary N) is 1. The molecule has 2 aliphatic rings. The van der Waals surface area contributed by atoms with Crippen molar-refractivity contribution in [2.24, 2.45) is 0 Å². The Labute approximate surface area is 173 Å². The largest absolute Gasteiger partial charge is 0.454 e. The number of hydrogen-bond donors (Lipinski definition) is 1. The molecule has 0 unspecified atom stereocenters. The molecule has 3 aromatic rings. The van der Waals surface area contributed by atoms with Gasteiger partial charge in [0.15, 0.2) is 11.5 Å². The van der Waals surface area contributed by atoms with Gasteiger partial charge in [0.25, 0.3) is 0 Å². The maximum absolute atomic E-state index is 13.2. The van der Waals surface area contributed by atoms with Crippen LogP contribution in [0.4, 0.5) is 0 Å². The van der Waals surface area contributed by atoms with E-state index in [0.29, 0.717) is 18.0 Å². The molecule has 1 aromatic heterocycles. The molecule has 0 spiro atoms. The number of fused-ring (bicyclic) bond motifs is 2. The summed E-state index contributed by atoms with van der Waals surface area (Å²) in [5, 5.41) is 2.90. The van der Waals surface area contributed by atoms with E-state index >= 15 is 0 Å². The Hall–Kier alpha value is -3.48. The molecule has 0 radical (unpaired) electrons. The van der Waals surface area contributed by atoms with Crippen molar-refractivity contribution in [3.05, 3.63) is 64.6 Å². The molecule has 0 fully saturated rings. The smallest absolute Gasteiger partial charge is 0.333 e. The first-order valence-corrected chi connectivity index (χ1v) is 10.3. The highest BCUT2D eigenvalue weighted by atomic mass is 16.7. The van der Waals surface area contributed by atoms with Crippen molar-refractivity contribution < 1.29 is 14.3 Å². The highest BCUT2D eigenvalue weighted by Crippen LogP contribution is 2.32. The Balaban J connectivity index is 1.37. The second-order valence-corrected chi connectivity index (χ2v) is 7.60. The molecule has 2 aromatic carbocycles. The number of para-hydroxylation sites is 2. The summed E-state index contributed by atoms with van der Waals surface area (Å²) in [7, 11) is 0. The Kier molecular flexibility index (Phi) is 4.78. The van der Waals surface area contributed by atoms with Gasteiger partial charge >= 0.3 is 5.69 Å². The molecule has 1 aliphatic carbocycles. The topological polar surface area (TPSA) is 74.5 Å². The number of rotatable bonds is 5. The first-order valence-electron chi connectivity index (χ1n) is 10.3. The second-order valence-electron chi connectivity index (χ2n) is 7.60. The Bertz CT molecular complexity index is 1200. The lowest BCUT2D eigenvalue weighted by Crippen LogP contribution is -2.32. The van der Waals surface area contributed by atoms with Gasteiger partial charge < -0.3 is 14.8 Å². The van der Waals surface area contributed by atoms with Crippen molar-refractivity contribution >= 4 is 22.6 Å². The highest BCUT2D eigenvalue weighted by Gasteiger charge is 2.19. The number of carbonyl (C=O) groups excluding carboxylic acids is 1. The summed E-state index contributed by atoms with van der Waals surface area (Å²) in [6.45, 7) is 0.548. The molecule has 7 heteroatoms. The maximum atomic E-state index is 13.2. The van der Waals surface area contributed by atoms with Crippen LogP contribution in [0.3, 0.4) is 0 Å². The van der Waals surface area contributed by atoms with Crippen LogP contribution in [-0.4, -0.2) is 21.8 Å². The number of allylic oxidation sites excluding steroid dienone is 2. The van der Waals surface area contributed by atoms with Crippen LogP contribution in [0, 0.1) is 0 Å². The average Bonchev–Trinajstić information content (AvgIpc) is 3.35. The van der Waals surface area contributed by atoms with Crippen LogP contribution in [0.1, 0.15) is 31.2 Å². The van der Waals surface area contributed by atoms with E-state index in [0.717, 1.165) is 48.0 Å². The van der Waals surface area contributed by atoms with Crippen molar-refractivity contribution in [2.75, 3.05) is 6.79 Å². The third kappa shape index (κ3) is 3.36. The number of carbonyl (C=O) groups is 1. The van der Waals surface area contributed by atoms with Crippen LogP contribution in [0.5, 0.6) is 11.5 Å². The Morgan fingerprint density at radius 2 is 1.87 bits per heavy atom. The van der Waals surface area contributed by atoms with Gasteiger partial charge in [-0.05, 0) is 55.5 Å². The maximum Gasteiger partial charge on any atom is 0.333 e. The van der Waals surface area contributed by atoms with Gasteiger partial charge in [-0.1, -0.05) is 24.3 Å². The SMILES string of the molecule is O=C(Cn1c(=O)n(C2=CCCCC2)c2ccccc21)NCc1ccc2c(c1)OCO2. The zero-order chi connectivity index (χ0) is 20.5. The summed E-state index contributed by atoms with van der Waals surface area (Å²) in [6, 6.07) is 13.2. The minimum atomic E-state index is -0.213. The molecule has 0 atom stereocenters. The number of aromatic nitrogens is 2. The standard InChI is InChI=1S/C23H23N3O4/c27-22(24-13-16-10-11-20-21(12-16)30-15-29-20)14-25-18-8-4-5-9-19(18)26(23(25)28)17-6-2-1-3-7-17/h4-6,8-12H,1-3,7,13-15H2,(H,24,27). The molecule has 0 bridgehead atoms. The van der Waals surface area contributed by atoms with Crippen molar-refractivity contribution in [1.82, 2.24) is 14.5 Å². The molecule has 2 heterocycles. The number of hydrogen-bond acceptors (Lipinski definition) is 4. The zero-order valence-corrected chi connectivity index (χ0v) is 16.6. The number of amides is 1. The van der Waals surface area contributed by atoms with Gasteiger partial charge in [-0.3, -0.25) is 13.9 Å². The van der Waals surface area contributed by atoms with Gasteiger partial charge in [-0.2, -0.15) is 0 Å². The molecule has 30 heavy (non-hydrogen) atoms. The minimum absolute atomic E-state index is 0.0236. The average molecular weight is 405 g/mol. The molecular weight excluding hydrogens is 382 g/mol. The highest BCUT2D eigenvalue weighted by molar-refractivity contribution is 5.83. The molecule has 5 rings (SSSR count). The molecule has 1 N–H and O–H groups in total. The van der Waals surface area contributed by atoms with Crippen LogP contribution in [-0.2, 0) is 17.9 Å². The van der Waals surface area contributed by atoms with E-state index in [1.54, 1.807) is 9.13 Å². The molecule has 1 aliphatic heterocycles. The Morgan fingerprint density at radius 1 is 1.03 bits per heavy atom. The number of nitrogens with zero attached hydrogens (tertiary/aromatic N) is 2. The summed E-state index contributed by atoms with van der Waals surface area (Å²) in [6.07, 6.45) is 6.23. The van der Waals surface area contributed by atoms with Crippen molar-refractivity contribution in [2.45, 2.75) is 38.8 Å². The van der Waals surface area contributed by atoms with Crippen LogP contribution in [0.15, 0.2) is 53.3 Å². The predicted molar refractivity (Wildman–Crippen MR) is 113 cm³/mol. The van der Waals surface area contributed by atoms with E-state index in [9.17, 15) is 9.59 Å². The van der Waals surface area contributed by atoms with E-state index in [-0.39, 0.29) is 24.9 Å². The van der Waals surface area contributed by atoms with E-state index < -0.39 is 0 Å². The lowest BCUT2D eigenvalue weighted by atomic mass is 10.0. The molecule has 154 valence electrons. The van der Waals surface area contributed by atoms with Gasteiger partial charge in [0.1, 0.15) is 6.54 Å². The molecule has 7 nitrogen and oxygen atoms in total. The number of benzene rings is 2. The number of imidazole rings is 1. The third-order valence-corrected chi connectivity index (χ3v) is 5.62. The minimum Gasteiger partial charge on any atom is -0.454 e. The fourth-order valence-electron chi connectivity index (χ4n) is 4.11. The summed E-state index contributed by atoms with van der Waals surface area (Å²) in [5.41, 5.74) is 3.39. The number of ether oxygens (including phenoxy) is 2. The summed E-state index contributed by atoms with van der Waals surface area (Å²) in [5.74, 6) is 1.18. The van der Waals surface area contributed by atoms with Crippen molar-refractivity contribution in [3.8, 4) is 11.5 Å². The van der Waals surface area contributed by atoms with Gasteiger partial charge in [0.2, 0.25) is 12.7 Å². The van der Waals surface area contributed by atoms with Gasteiger partial charge in [0.05, 0.1) is 11.0 Å². The predicted octanol–water partition coefficient (Wildman–Crippen LogP) is 3.26. The fourth-order valence-corrected chi connectivity index (χ4v) is 4.11. The fraction of sp³-hybridized carbons (Fsp3) is 0.304. The molecule has 0 saturated carbocycles. The lowest BCUT2D eigenvalue weighted by molar-refractivity contribution is -0.121. The summed E-state index contributed by atoms with van der Waals surface area (Å²) >= 11 is 0. The van der Waals surface area contributed by atoms with E-state index in [1.165, 1.54) is 0 Å². The lowest BCUT2D eigenvalue weighted by Gasteiger charge is -2.13. The molecular formula is C23H23N3O4. The van der Waals surface area contributed by atoms with Crippen LogP contribution in [0.2, 0.25) is 0 Å². The van der Waals surface area contributed by atoms with Crippen molar-refractivity contribution in [3.63, 3.8) is 0 Å². The van der Waals surface area contributed by atoms with Crippen molar-refractivity contribution in [1.29, 1.82) is 0 Å². The second kappa shape index (κ2) is 7.74. The first kappa shape index (κ1) is 18.5. The van der Waals surface area contributed by atoms with Crippen LogP contribution >= 0.6 is 0 Å². The van der Waals surface area contributed by atoms with Gasteiger partial charge in [0, 0.05) is 12.2 Å². The van der Waals surface area contributed by atoms with Crippen LogP contribution < -0.4 is 20.5 Å². The molecule has 0 saturated heterocycles. The van der Waals surface area contributed by atoms with E-state index in [2.05, 4.69) is 11.4 Å². The first-order chi connectivity index (χ1) is 14.7. The zero-order valence-electron chi connectivity index (χ0n) is 16.6. The van der Waals surface area contributed by atoms with Crippen LogP contribution in [0.25, 0.3) is 16.7 Å². The third-order valence-electron chi connectivity index (χ3n) is 5.62. The Morgan fingerprint density at radius 3 is 2.70 bits per heavy atom. The quantitative estimate of drug-likeness (QED) is 0.707. The van der Waals surface area contributed by atoms with Gasteiger partial charge in [-0.25, -0.2) is 4.79 Å². The summed E-state index contributed by atoms with van der Waals surface area (Å²) < 4.78 is 14.0. The van der Waals surface area contributed by atoms with E-state index in [4.69, 9.17) is 9.47 Å². The van der Waals surface area contributed by atoms with E-state index in [1.807, 2.05) is 42.5 Å². The summed E-state index contributed by atoms with van der Waals surface area (Å²) in [4.78, 5) is 25.9. The normalized spacial score (nSPS) is 15.3. The molecule has 1 amide bonds.